The van der Waals surface area contributed by atoms with Crippen molar-refractivity contribution in [1.29, 1.82) is 0 Å². The van der Waals surface area contributed by atoms with Crippen molar-refractivity contribution in [2.45, 2.75) is 6.92 Å². The van der Waals surface area contributed by atoms with E-state index in [1.165, 1.54) is 24.4 Å². The maximum atomic E-state index is 11.1. The number of hydrazone groups is 1. The van der Waals surface area contributed by atoms with Gasteiger partial charge in [-0.1, -0.05) is 18.2 Å². The third-order valence-electron chi connectivity index (χ3n) is 3.58. The summed E-state index contributed by atoms with van der Waals surface area (Å²) >= 11 is 5.04. The van der Waals surface area contributed by atoms with Crippen LogP contribution in [0.5, 0.6) is 11.5 Å². The van der Waals surface area contributed by atoms with Gasteiger partial charge >= 0.3 is 0 Å². The van der Waals surface area contributed by atoms with Gasteiger partial charge in [0.1, 0.15) is 24.7 Å². The fourth-order valence-electron chi connectivity index (χ4n) is 2.26. The minimum Gasteiger partial charge on any atom is -0.490 e. The van der Waals surface area contributed by atoms with Crippen molar-refractivity contribution in [3.63, 3.8) is 0 Å². The van der Waals surface area contributed by atoms with Crippen molar-refractivity contribution in [3.05, 3.63) is 76.4 Å². The molecule has 0 heterocycles. The highest BCUT2D eigenvalue weighted by molar-refractivity contribution is 7.80. The van der Waals surface area contributed by atoms with Crippen molar-refractivity contribution < 1.29 is 14.4 Å². The van der Waals surface area contributed by atoms with E-state index in [2.05, 4.69) is 22.4 Å². The number of thiocarbonyl (C=S) groups is 1. The Labute approximate surface area is 174 Å². The summed E-state index contributed by atoms with van der Waals surface area (Å²) in [6, 6.07) is 12.0. The summed E-state index contributed by atoms with van der Waals surface area (Å²) in [7, 11) is 0. The predicted molar refractivity (Wildman–Crippen MR) is 117 cm³/mol. The highest BCUT2D eigenvalue weighted by atomic mass is 32.1. The monoisotopic (exact) mass is 414 g/mol. The number of non-ortho nitro benzene ring substituents is 1. The lowest BCUT2D eigenvalue weighted by Gasteiger charge is -2.11. The van der Waals surface area contributed by atoms with Crippen LogP contribution in [0.25, 0.3) is 0 Å². The molecule has 0 aliphatic carbocycles. The van der Waals surface area contributed by atoms with E-state index in [0.29, 0.717) is 29.6 Å². The molecule has 2 aromatic carbocycles. The highest BCUT2D eigenvalue weighted by Gasteiger charge is 2.11. The molecule has 2 aromatic rings. The topological polar surface area (TPSA) is 98.0 Å². The number of hydrogen-bond donors (Lipinski definition) is 2. The average Bonchev–Trinajstić information content (AvgIpc) is 2.70. The summed E-state index contributed by atoms with van der Waals surface area (Å²) in [5, 5.41) is 18.2. The molecule has 0 saturated carbocycles. The largest absolute Gasteiger partial charge is 0.490 e. The zero-order chi connectivity index (χ0) is 21.1. The lowest BCUT2D eigenvalue weighted by Crippen LogP contribution is -2.31. The molecular weight excluding hydrogens is 392 g/mol. The third kappa shape index (κ3) is 7.59. The molecule has 0 aliphatic rings. The molecule has 0 amide bonds. The van der Waals surface area contributed by atoms with Gasteiger partial charge in [-0.2, -0.15) is 5.10 Å². The Balaban J connectivity index is 1.99. The van der Waals surface area contributed by atoms with Crippen LogP contribution in [0.15, 0.2) is 60.2 Å². The molecule has 0 aromatic heterocycles. The summed E-state index contributed by atoms with van der Waals surface area (Å²) in [4.78, 5) is 10.6. The maximum Gasteiger partial charge on any atom is 0.270 e. The fourth-order valence-corrected chi connectivity index (χ4v) is 2.40. The van der Waals surface area contributed by atoms with Gasteiger partial charge in [-0.25, -0.2) is 0 Å². The molecular formula is C20H22N4O4S. The minimum absolute atomic E-state index is 0.0674. The van der Waals surface area contributed by atoms with Gasteiger partial charge in [0.05, 0.1) is 11.1 Å². The molecule has 152 valence electrons. The molecule has 0 atom stereocenters. The molecule has 0 spiro atoms. The third-order valence-corrected chi connectivity index (χ3v) is 3.82. The minimum atomic E-state index is -0.480. The Morgan fingerprint density at radius 1 is 1.28 bits per heavy atom. The van der Waals surface area contributed by atoms with Crippen LogP contribution in [-0.4, -0.2) is 36.0 Å². The SMILES string of the molecule is C=CCNC(=S)N/N=C/c1cc([N+](=O)[O-])ccc1OCCOc1cccc(C)c1. The first-order valence-electron chi connectivity index (χ1n) is 8.78. The first-order valence-corrected chi connectivity index (χ1v) is 9.19. The molecule has 0 bridgehead atoms. The van der Waals surface area contributed by atoms with Gasteiger partial charge in [-0.15, -0.1) is 6.58 Å². The normalized spacial score (nSPS) is 10.4. The van der Waals surface area contributed by atoms with Gasteiger partial charge < -0.3 is 14.8 Å². The van der Waals surface area contributed by atoms with E-state index in [0.717, 1.165) is 11.3 Å². The summed E-state index contributed by atoms with van der Waals surface area (Å²) in [5.74, 6) is 1.20. The van der Waals surface area contributed by atoms with E-state index >= 15 is 0 Å². The zero-order valence-corrected chi connectivity index (χ0v) is 16.8. The second-order valence-electron chi connectivity index (χ2n) is 5.86. The Kier molecular flexibility index (Phi) is 8.58. The molecule has 2 rings (SSSR count). The van der Waals surface area contributed by atoms with E-state index in [9.17, 15) is 10.1 Å². The Morgan fingerprint density at radius 2 is 2.07 bits per heavy atom. The standard InChI is InChI=1S/C20H22N4O4S/c1-3-9-21-20(29)23-22-14-16-13-17(24(25)26)7-8-19(16)28-11-10-27-18-6-4-5-15(2)12-18/h3-8,12-14H,1,9-11H2,2H3,(H2,21,23,29)/b22-14+. The fraction of sp³-hybridized carbons (Fsp3) is 0.200. The molecule has 0 unspecified atom stereocenters. The predicted octanol–water partition coefficient (Wildman–Crippen LogP) is 3.35. The number of nitro groups is 1. The average molecular weight is 414 g/mol. The number of aryl methyl sites for hydroxylation is 1. The number of nitrogens with one attached hydrogen (secondary N) is 2. The van der Waals surface area contributed by atoms with Crippen LogP contribution in [0.2, 0.25) is 0 Å². The number of hydrogen-bond acceptors (Lipinski definition) is 6. The second-order valence-corrected chi connectivity index (χ2v) is 6.27. The molecule has 8 nitrogen and oxygen atoms in total. The van der Waals surface area contributed by atoms with Crippen LogP contribution in [0.1, 0.15) is 11.1 Å². The second kappa shape index (κ2) is 11.4. The highest BCUT2D eigenvalue weighted by Crippen LogP contribution is 2.23. The van der Waals surface area contributed by atoms with Crippen LogP contribution in [0.4, 0.5) is 5.69 Å². The number of nitrogens with zero attached hydrogens (tertiary/aromatic N) is 2. The van der Waals surface area contributed by atoms with Gasteiger partial charge in [0, 0.05) is 24.2 Å². The first-order chi connectivity index (χ1) is 14.0. The number of nitro benzene ring substituents is 1. The van der Waals surface area contributed by atoms with Crippen LogP contribution in [0, 0.1) is 17.0 Å². The number of ether oxygens (including phenoxy) is 2. The van der Waals surface area contributed by atoms with Gasteiger partial charge in [-0.3, -0.25) is 15.5 Å². The molecule has 29 heavy (non-hydrogen) atoms. The van der Waals surface area contributed by atoms with Crippen LogP contribution in [-0.2, 0) is 0 Å². The molecule has 0 radical (unpaired) electrons. The van der Waals surface area contributed by atoms with Crippen LogP contribution >= 0.6 is 12.2 Å². The van der Waals surface area contributed by atoms with E-state index < -0.39 is 4.92 Å². The van der Waals surface area contributed by atoms with Crippen molar-refractivity contribution in [2.24, 2.45) is 5.10 Å². The molecule has 0 aliphatic heterocycles. The van der Waals surface area contributed by atoms with E-state index in [1.54, 1.807) is 6.08 Å². The summed E-state index contributed by atoms with van der Waals surface area (Å²) in [6.07, 6.45) is 3.06. The molecule has 2 N–H and O–H groups in total. The van der Waals surface area contributed by atoms with Gasteiger partial charge in [-0.05, 0) is 42.9 Å². The maximum absolute atomic E-state index is 11.1. The van der Waals surface area contributed by atoms with Gasteiger partial charge in [0.25, 0.3) is 5.69 Å². The summed E-state index contributed by atoms with van der Waals surface area (Å²) in [5.41, 5.74) is 4.10. The smallest absolute Gasteiger partial charge is 0.270 e. The quantitative estimate of drug-likeness (QED) is 0.154. The van der Waals surface area contributed by atoms with Gasteiger partial charge in [0.2, 0.25) is 0 Å². The number of rotatable bonds is 10. The van der Waals surface area contributed by atoms with Crippen molar-refractivity contribution in [2.75, 3.05) is 19.8 Å². The molecule has 9 heteroatoms. The van der Waals surface area contributed by atoms with E-state index in [4.69, 9.17) is 21.7 Å². The summed E-state index contributed by atoms with van der Waals surface area (Å²) < 4.78 is 11.4. The summed E-state index contributed by atoms with van der Waals surface area (Å²) in [6.45, 7) is 6.64. The number of benzene rings is 2. The lowest BCUT2D eigenvalue weighted by atomic mass is 10.2. The Morgan fingerprint density at radius 3 is 2.79 bits per heavy atom. The first kappa shape index (κ1) is 21.8. The Hall–Kier alpha value is -3.46. The molecule has 0 fully saturated rings. The van der Waals surface area contributed by atoms with Crippen LogP contribution < -0.4 is 20.2 Å². The molecule has 0 saturated heterocycles. The van der Waals surface area contributed by atoms with Crippen molar-refractivity contribution in [1.82, 2.24) is 10.7 Å². The Bertz CT molecular complexity index is 902. The lowest BCUT2D eigenvalue weighted by molar-refractivity contribution is -0.384. The van der Waals surface area contributed by atoms with Gasteiger partial charge in [0.15, 0.2) is 5.11 Å². The van der Waals surface area contributed by atoms with Crippen molar-refractivity contribution in [3.8, 4) is 11.5 Å². The van der Waals surface area contributed by atoms with E-state index in [-0.39, 0.29) is 12.3 Å². The zero-order valence-electron chi connectivity index (χ0n) is 16.0. The van der Waals surface area contributed by atoms with Crippen LogP contribution in [0.3, 0.4) is 0 Å². The van der Waals surface area contributed by atoms with Crippen molar-refractivity contribution >= 4 is 29.2 Å². The van der Waals surface area contributed by atoms with E-state index in [1.807, 2.05) is 31.2 Å².